The van der Waals surface area contributed by atoms with Gasteiger partial charge in [0.05, 0.1) is 6.42 Å². The van der Waals surface area contributed by atoms with Gasteiger partial charge in [-0.2, -0.15) is 0 Å². The van der Waals surface area contributed by atoms with E-state index in [1.54, 1.807) is 0 Å². The van der Waals surface area contributed by atoms with E-state index in [0.29, 0.717) is 5.92 Å². The van der Waals surface area contributed by atoms with Crippen molar-refractivity contribution in [3.8, 4) is 0 Å². The highest BCUT2D eigenvalue weighted by molar-refractivity contribution is 5.67. The lowest BCUT2D eigenvalue weighted by molar-refractivity contribution is -0.138. The minimum Gasteiger partial charge on any atom is -0.481 e. The van der Waals surface area contributed by atoms with Crippen molar-refractivity contribution in [1.82, 2.24) is 9.80 Å². The molecule has 0 saturated carbocycles. The number of aliphatic carboxylic acids is 1. The van der Waals surface area contributed by atoms with Crippen LogP contribution in [-0.4, -0.2) is 60.1 Å². The molecule has 0 amide bonds. The second-order valence-corrected chi connectivity index (χ2v) is 4.82. The van der Waals surface area contributed by atoms with E-state index in [4.69, 9.17) is 5.11 Å². The van der Waals surface area contributed by atoms with Crippen LogP contribution in [0.2, 0.25) is 0 Å². The molecule has 1 fully saturated rings. The summed E-state index contributed by atoms with van der Waals surface area (Å²) in [6.45, 7) is 9.53. The molecule has 1 N–H and O–H groups in total. The molecule has 0 aromatic heterocycles. The Bertz CT molecular complexity index is 255. The third kappa shape index (κ3) is 3.94. The molecule has 1 aliphatic heterocycles. The molecule has 1 saturated heterocycles. The number of carboxylic acids is 1. The molecule has 4 nitrogen and oxygen atoms in total. The lowest BCUT2D eigenvalue weighted by atomic mass is 10.1. The van der Waals surface area contributed by atoms with E-state index in [1.807, 2.05) is 6.08 Å². The predicted octanol–water partition coefficient (Wildman–Crippen LogP) is 0.899. The van der Waals surface area contributed by atoms with Crippen molar-refractivity contribution in [3.63, 3.8) is 0 Å². The van der Waals surface area contributed by atoms with E-state index in [0.717, 1.165) is 26.2 Å². The Morgan fingerprint density at radius 1 is 1.50 bits per heavy atom. The van der Waals surface area contributed by atoms with E-state index in [1.165, 1.54) is 0 Å². The van der Waals surface area contributed by atoms with Crippen LogP contribution in [0.1, 0.15) is 13.3 Å². The van der Waals surface area contributed by atoms with Crippen molar-refractivity contribution in [1.29, 1.82) is 0 Å². The van der Waals surface area contributed by atoms with Crippen LogP contribution < -0.4 is 0 Å². The summed E-state index contributed by atoms with van der Waals surface area (Å²) >= 11 is 0. The van der Waals surface area contributed by atoms with E-state index < -0.39 is 5.97 Å². The summed E-state index contributed by atoms with van der Waals surface area (Å²) < 4.78 is 0. The quantitative estimate of drug-likeness (QED) is 0.723. The Morgan fingerprint density at radius 2 is 2.19 bits per heavy atom. The van der Waals surface area contributed by atoms with Gasteiger partial charge in [-0.3, -0.25) is 9.69 Å². The molecule has 0 aliphatic carbocycles. The van der Waals surface area contributed by atoms with Gasteiger partial charge in [-0.25, -0.2) is 0 Å². The van der Waals surface area contributed by atoms with Crippen molar-refractivity contribution in [2.24, 2.45) is 5.92 Å². The van der Waals surface area contributed by atoms with Gasteiger partial charge >= 0.3 is 5.97 Å². The summed E-state index contributed by atoms with van der Waals surface area (Å²) in [5.41, 5.74) is 0. The SMILES string of the molecule is C=CCN1CC(C)CN(C)CC1CC(=O)O. The number of carbonyl (C=O) groups is 1. The summed E-state index contributed by atoms with van der Waals surface area (Å²) in [4.78, 5) is 15.3. The number of hydrogen-bond acceptors (Lipinski definition) is 3. The highest BCUT2D eigenvalue weighted by Gasteiger charge is 2.27. The predicted molar refractivity (Wildman–Crippen MR) is 64.5 cm³/mol. The lowest BCUT2D eigenvalue weighted by Crippen LogP contribution is -2.42. The molecular formula is C12H22N2O2. The highest BCUT2D eigenvalue weighted by Crippen LogP contribution is 2.15. The molecule has 92 valence electrons. The van der Waals surface area contributed by atoms with Gasteiger partial charge in [0.25, 0.3) is 0 Å². The van der Waals surface area contributed by atoms with Crippen LogP contribution >= 0.6 is 0 Å². The maximum atomic E-state index is 10.8. The van der Waals surface area contributed by atoms with Gasteiger partial charge in [0.15, 0.2) is 0 Å². The standard InChI is InChI=1S/C12H22N2O2/c1-4-5-14-8-10(2)7-13(3)9-11(14)6-12(15)16/h4,10-11H,1,5-9H2,2-3H3,(H,15,16). The first-order chi connectivity index (χ1) is 7.52. The lowest BCUT2D eigenvalue weighted by Gasteiger charge is -2.29. The number of nitrogens with zero attached hydrogens (tertiary/aromatic N) is 2. The minimum absolute atomic E-state index is 0.102. The first-order valence-corrected chi connectivity index (χ1v) is 5.78. The Balaban J connectivity index is 2.71. The van der Waals surface area contributed by atoms with Gasteiger partial charge in [-0.1, -0.05) is 13.0 Å². The fourth-order valence-corrected chi connectivity index (χ4v) is 2.47. The molecule has 4 heteroatoms. The monoisotopic (exact) mass is 226 g/mol. The Kier molecular flexibility index (Phi) is 4.96. The molecule has 1 rings (SSSR count). The average molecular weight is 226 g/mol. The molecule has 2 unspecified atom stereocenters. The van der Waals surface area contributed by atoms with Crippen molar-refractivity contribution < 1.29 is 9.90 Å². The van der Waals surface area contributed by atoms with Crippen LogP contribution in [-0.2, 0) is 4.79 Å². The summed E-state index contributed by atoms with van der Waals surface area (Å²) in [6, 6.07) is 0.102. The molecule has 0 aromatic carbocycles. The van der Waals surface area contributed by atoms with Crippen molar-refractivity contribution in [3.05, 3.63) is 12.7 Å². The summed E-state index contributed by atoms with van der Waals surface area (Å²) in [7, 11) is 2.06. The maximum absolute atomic E-state index is 10.8. The fraction of sp³-hybridized carbons (Fsp3) is 0.750. The number of rotatable bonds is 4. The van der Waals surface area contributed by atoms with Crippen molar-refractivity contribution in [2.75, 3.05) is 33.2 Å². The molecule has 2 atom stereocenters. The summed E-state index contributed by atoms with van der Waals surface area (Å²) in [5, 5.41) is 8.92. The van der Waals surface area contributed by atoms with Crippen LogP contribution in [0, 0.1) is 5.92 Å². The largest absolute Gasteiger partial charge is 0.481 e. The van der Waals surface area contributed by atoms with Crippen molar-refractivity contribution >= 4 is 5.97 Å². The van der Waals surface area contributed by atoms with Gasteiger partial charge in [0, 0.05) is 32.2 Å². The molecule has 1 heterocycles. The molecular weight excluding hydrogens is 204 g/mol. The third-order valence-corrected chi connectivity index (χ3v) is 2.98. The second-order valence-electron chi connectivity index (χ2n) is 4.82. The van der Waals surface area contributed by atoms with E-state index >= 15 is 0 Å². The highest BCUT2D eigenvalue weighted by atomic mass is 16.4. The van der Waals surface area contributed by atoms with Gasteiger partial charge in [0.2, 0.25) is 0 Å². The zero-order valence-electron chi connectivity index (χ0n) is 10.2. The average Bonchev–Trinajstić information content (AvgIpc) is 2.25. The van der Waals surface area contributed by atoms with E-state index in [9.17, 15) is 4.79 Å². The Hall–Kier alpha value is -0.870. The zero-order chi connectivity index (χ0) is 12.1. The van der Waals surface area contributed by atoms with Gasteiger partial charge in [0.1, 0.15) is 0 Å². The Morgan fingerprint density at radius 3 is 2.75 bits per heavy atom. The summed E-state index contributed by atoms with van der Waals surface area (Å²) in [6.07, 6.45) is 2.07. The number of likely N-dealkylation sites (N-methyl/N-ethyl adjacent to an activating group) is 1. The van der Waals surface area contributed by atoms with Crippen molar-refractivity contribution in [2.45, 2.75) is 19.4 Å². The molecule has 0 radical (unpaired) electrons. The van der Waals surface area contributed by atoms with Crippen LogP contribution in [0.3, 0.4) is 0 Å². The van der Waals surface area contributed by atoms with E-state index in [-0.39, 0.29) is 12.5 Å². The Labute approximate surface area is 97.5 Å². The van der Waals surface area contributed by atoms with Crippen LogP contribution in [0.15, 0.2) is 12.7 Å². The topological polar surface area (TPSA) is 43.8 Å². The molecule has 0 aromatic rings. The molecule has 0 spiro atoms. The van der Waals surface area contributed by atoms with Gasteiger partial charge in [-0.05, 0) is 13.0 Å². The van der Waals surface area contributed by atoms with Crippen LogP contribution in [0.4, 0.5) is 0 Å². The minimum atomic E-state index is -0.720. The normalized spacial score (nSPS) is 28.6. The van der Waals surface area contributed by atoms with E-state index in [2.05, 4.69) is 30.4 Å². The molecule has 0 bridgehead atoms. The number of hydrogen-bond donors (Lipinski definition) is 1. The first-order valence-electron chi connectivity index (χ1n) is 5.78. The first kappa shape index (κ1) is 13.2. The third-order valence-electron chi connectivity index (χ3n) is 2.98. The summed E-state index contributed by atoms with van der Waals surface area (Å²) in [5.74, 6) is -0.147. The molecule has 1 aliphatic rings. The number of carboxylic acid groups (broad SMARTS) is 1. The van der Waals surface area contributed by atoms with Crippen LogP contribution in [0.5, 0.6) is 0 Å². The van der Waals surface area contributed by atoms with Gasteiger partial charge in [-0.15, -0.1) is 6.58 Å². The maximum Gasteiger partial charge on any atom is 0.304 e. The zero-order valence-corrected chi connectivity index (χ0v) is 10.2. The van der Waals surface area contributed by atoms with Gasteiger partial charge < -0.3 is 10.0 Å². The fourth-order valence-electron chi connectivity index (χ4n) is 2.47. The smallest absolute Gasteiger partial charge is 0.304 e. The second kappa shape index (κ2) is 6.01. The van der Waals surface area contributed by atoms with Crippen LogP contribution in [0.25, 0.3) is 0 Å². The molecule has 16 heavy (non-hydrogen) atoms.